The number of thioether (sulfide) groups is 1. The van der Waals surface area contributed by atoms with Crippen LogP contribution in [0.15, 0.2) is 143 Å². The zero-order valence-corrected chi connectivity index (χ0v) is 31.2. The maximum atomic E-state index is 13.8. The third-order valence-corrected chi connectivity index (χ3v) is 10.1. The second-order valence-electron chi connectivity index (χ2n) is 11.6. The van der Waals surface area contributed by atoms with Gasteiger partial charge in [-0.2, -0.15) is 0 Å². The SMILES string of the molecule is COc1cccc(-c2csc(NC(=O)C(Sc3ccc(NC(=O)/C(=C/c4cccc(OC)c4OC)NC(=O)c4ccccc4)cc3)c3ccccc3)n2)c1. The van der Waals surface area contributed by atoms with Crippen molar-refractivity contribution >= 4 is 57.7 Å². The smallest absolute Gasteiger partial charge is 0.272 e. The molecule has 6 rings (SSSR count). The maximum Gasteiger partial charge on any atom is 0.272 e. The Hall–Kier alpha value is -6.37. The van der Waals surface area contributed by atoms with Crippen LogP contribution in [0.2, 0.25) is 0 Å². The number of aromatic nitrogens is 1. The van der Waals surface area contributed by atoms with Crippen LogP contribution < -0.4 is 30.2 Å². The molecule has 0 aliphatic rings. The van der Waals surface area contributed by atoms with Crippen LogP contribution in [0.25, 0.3) is 17.3 Å². The van der Waals surface area contributed by atoms with Gasteiger partial charge in [0.2, 0.25) is 5.91 Å². The lowest BCUT2D eigenvalue weighted by Gasteiger charge is -2.17. The van der Waals surface area contributed by atoms with Crippen LogP contribution in [0.3, 0.4) is 0 Å². The van der Waals surface area contributed by atoms with Gasteiger partial charge in [0.15, 0.2) is 16.6 Å². The number of methoxy groups -OCH3 is 3. The Labute approximate surface area is 321 Å². The van der Waals surface area contributed by atoms with E-state index >= 15 is 0 Å². The lowest BCUT2D eigenvalue weighted by Crippen LogP contribution is -2.30. The van der Waals surface area contributed by atoms with E-state index in [-0.39, 0.29) is 11.6 Å². The van der Waals surface area contributed by atoms with Crippen LogP contribution in [0.4, 0.5) is 10.8 Å². The van der Waals surface area contributed by atoms with Gasteiger partial charge >= 0.3 is 0 Å². The minimum Gasteiger partial charge on any atom is -0.497 e. The van der Waals surface area contributed by atoms with Crippen molar-refractivity contribution in [2.45, 2.75) is 10.1 Å². The van der Waals surface area contributed by atoms with Gasteiger partial charge in [-0.25, -0.2) is 4.98 Å². The number of ether oxygens (including phenoxy) is 3. The highest BCUT2D eigenvalue weighted by atomic mass is 32.2. The maximum absolute atomic E-state index is 13.8. The highest BCUT2D eigenvalue weighted by molar-refractivity contribution is 8.00. The Kier molecular flexibility index (Phi) is 12.4. The second kappa shape index (κ2) is 17.9. The number of hydrogen-bond acceptors (Lipinski definition) is 9. The number of thiazole rings is 1. The number of amides is 3. The number of benzene rings is 5. The molecule has 6 aromatic rings. The number of para-hydroxylation sites is 1. The molecule has 3 N–H and O–H groups in total. The summed E-state index contributed by atoms with van der Waals surface area (Å²) in [5, 5.41) is 10.4. The molecule has 1 heterocycles. The van der Waals surface area contributed by atoms with Crippen molar-refractivity contribution in [3.63, 3.8) is 0 Å². The first kappa shape index (κ1) is 37.4. The summed E-state index contributed by atoms with van der Waals surface area (Å²) in [6.45, 7) is 0. The zero-order valence-electron chi connectivity index (χ0n) is 29.6. The monoisotopic (exact) mass is 756 g/mol. The number of nitrogens with zero attached hydrogens (tertiary/aromatic N) is 1. The van der Waals surface area contributed by atoms with Crippen LogP contribution in [0.1, 0.15) is 26.7 Å². The van der Waals surface area contributed by atoms with Gasteiger partial charge in [-0.15, -0.1) is 23.1 Å². The normalized spacial score (nSPS) is 11.6. The standard InChI is InChI=1S/C42H36N4O6S2/c1-50-32-18-10-16-29(24-32)35-26-53-42(45-35)46-41(49)38(27-12-6-4-7-13-27)54-33-22-20-31(21-23-33)43-40(48)34(44-39(47)28-14-8-5-9-15-28)25-30-17-11-19-36(51-2)37(30)52-3/h4-26,38H,1-3H3,(H,43,48)(H,44,47)(H,45,46,49)/b34-25-. The number of rotatable bonds is 14. The zero-order chi connectivity index (χ0) is 37.9. The lowest BCUT2D eigenvalue weighted by atomic mass is 10.1. The summed E-state index contributed by atoms with van der Waals surface area (Å²) in [5.74, 6) is 0.364. The molecule has 1 atom stereocenters. The molecule has 10 nitrogen and oxygen atoms in total. The molecular formula is C42H36N4O6S2. The van der Waals surface area contributed by atoms with E-state index in [2.05, 4.69) is 20.9 Å². The van der Waals surface area contributed by atoms with Crippen molar-refractivity contribution in [3.05, 3.63) is 155 Å². The molecule has 54 heavy (non-hydrogen) atoms. The third kappa shape index (κ3) is 9.34. The molecule has 3 amide bonds. The summed E-state index contributed by atoms with van der Waals surface area (Å²) >= 11 is 2.71. The van der Waals surface area contributed by atoms with Gasteiger partial charge in [-0.3, -0.25) is 14.4 Å². The predicted octanol–water partition coefficient (Wildman–Crippen LogP) is 8.72. The largest absolute Gasteiger partial charge is 0.497 e. The van der Waals surface area contributed by atoms with Crippen LogP contribution in [0.5, 0.6) is 17.2 Å². The lowest BCUT2D eigenvalue weighted by molar-refractivity contribution is -0.116. The average molecular weight is 757 g/mol. The van der Waals surface area contributed by atoms with E-state index in [1.54, 1.807) is 67.8 Å². The van der Waals surface area contributed by atoms with Crippen molar-refractivity contribution in [3.8, 4) is 28.5 Å². The molecule has 1 aromatic heterocycles. The van der Waals surface area contributed by atoms with E-state index < -0.39 is 17.1 Å². The van der Waals surface area contributed by atoms with Crippen LogP contribution in [-0.4, -0.2) is 44.0 Å². The fourth-order valence-corrected chi connectivity index (χ4v) is 7.14. The fraction of sp³-hybridized carbons (Fsp3) is 0.0952. The molecule has 0 fully saturated rings. The van der Waals surface area contributed by atoms with Crippen LogP contribution >= 0.6 is 23.1 Å². The van der Waals surface area contributed by atoms with Gasteiger partial charge < -0.3 is 30.2 Å². The Balaban J connectivity index is 1.19. The number of carbonyl (C=O) groups excluding carboxylic acids is 3. The molecule has 0 bridgehead atoms. The summed E-state index contributed by atoms with van der Waals surface area (Å²) in [6.07, 6.45) is 1.53. The third-order valence-electron chi connectivity index (χ3n) is 8.07. The van der Waals surface area contributed by atoms with Gasteiger partial charge in [0, 0.05) is 32.7 Å². The van der Waals surface area contributed by atoms with Crippen molar-refractivity contribution in [1.82, 2.24) is 10.3 Å². The Morgan fingerprint density at radius 3 is 2.19 bits per heavy atom. The van der Waals surface area contributed by atoms with Gasteiger partial charge in [0.05, 0.1) is 27.0 Å². The Bertz CT molecular complexity index is 2260. The van der Waals surface area contributed by atoms with Crippen molar-refractivity contribution in [1.29, 1.82) is 0 Å². The minimum atomic E-state index is -0.601. The molecule has 12 heteroatoms. The summed E-state index contributed by atoms with van der Waals surface area (Å²) in [6, 6.07) is 38.1. The minimum absolute atomic E-state index is 0.00795. The first-order chi connectivity index (χ1) is 26.3. The topological polar surface area (TPSA) is 128 Å². The van der Waals surface area contributed by atoms with Crippen molar-refractivity contribution < 1.29 is 28.6 Å². The molecule has 0 aliphatic heterocycles. The van der Waals surface area contributed by atoms with Crippen molar-refractivity contribution in [2.75, 3.05) is 32.0 Å². The van der Waals surface area contributed by atoms with E-state index in [1.165, 1.54) is 43.4 Å². The predicted molar refractivity (Wildman–Crippen MR) is 214 cm³/mol. The molecule has 5 aromatic carbocycles. The molecule has 1 unspecified atom stereocenters. The highest BCUT2D eigenvalue weighted by Crippen LogP contribution is 2.38. The van der Waals surface area contributed by atoms with Gasteiger partial charge in [0.25, 0.3) is 11.8 Å². The molecular weight excluding hydrogens is 721 g/mol. The first-order valence-electron chi connectivity index (χ1n) is 16.7. The van der Waals surface area contributed by atoms with Gasteiger partial charge in [-0.1, -0.05) is 72.8 Å². The second-order valence-corrected chi connectivity index (χ2v) is 13.6. The fourth-order valence-electron chi connectivity index (χ4n) is 5.39. The van der Waals surface area contributed by atoms with Crippen LogP contribution in [0, 0.1) is 0 Å². The summed E-state index contributed by atoms with van der Waals surface area (Å²) in [7, 11) is 4.64. The number of nitrogens with one attached hydrogen (secondary N) is 3. The first-order valence-corrected chi connectivity index (χ1v) is 18.4. The van der Waals surface area contributed by atoms with Gasteiger partial charge in [-0.05, 0) is 66.2 Å². The Morgan fingerprint density at radius 1 is 0.759 bits per heavy atom. The van der Waals surface area contributed by atoms with E-state index in [1.807, 2.05) is 72.1 Å². The van der Waals surface area contributed by atoms with E-state index in [4.69, 9.17) is 14.2 Å². The molecule has 0 saturated carbocycles. The van der Waals surface area contributed by atoms with E-state index in [9.17, 15) is 14.4 Å². The van der Waals surface area contributed by atoms with Gasteiger partial charge in [0.1, 0.15) is 16.7 Å². The van der Waals surface area contributed by atoms with Crippen molar-refractivity contribution in [2.24, 2.45) is 0 Å². The molecule has 0 spiro atoms. The highest BCUT2D eigenvalue weighted by Gasteiger charge is 2.24. The number of anilines is 2. The van der Waals surface area contributed by atoms with E-state index in [0.29, 0.717) is 33.4 Å². The molecule has 0 saturated heterocycles. The average Bonchev–Trinajstić information content (AvgIpc) is 3.69. The summed E-state index contributed by atoms with van der Waals surface area (Å²) in [4.78, 5) is 46.1. The summed E-state index contributed by atoms with van der Waals surface area (Å²) < 4.78 is 16.3. The number of hydrogen-bond donors (Lipinski definition) is 3. The molecule has 0 aliphatic carbocycles. The Morgan fingerprint density at radius 2 is 1.48 bits per heavy atom. The quantitative estimate of drug-likeness (QED) is 0.0744. The number of carbonyl (C=O) groups is 3. The summed E-state index contributed by atoms with van der Waals surface area (Å²) in [5.41, 5.74) is 3.83. The van der Waals surface area contributed by atoms with Crippen LogP contribution in [-0.2, 0) is 9.59 Å². The molecule has 272 valence electrons. The van der Waals surface area contributed by atoms with E-state index in [0.717, 1.165) is 27.5 Å². The molecule has 0 radical (unpaired) electrons.